The van der Waals surface area contributed by atoms with Crippen LogP contribution in [0, 0.1) is 16.7 Å². The van der Waals surface area contributed by atoms with Crippen LogP contribution in [0.2, 0.25) is 0 Å². The number of ether oxygens (including phenoxy) is 1. The van der Waals surface area contributed by atoms with Crippen molar-refractivity contribution in [2.75, 3.05) is 6.61 Å². The quantitative estimate of drug-likeness (QED) is 0.651. The number of hydrogen-bond donors (Lipinski definition) is 0. The number of carbonyl (C=O) groups excluding carboxylic acids is 1. The van der Waals surface area contributed by atoms with Crippen molar-refractivity contribution in [3.05, 3.63) is 0 Å². The zero-order chi connectivity index (χ0) is 10.1. The second-order valence-corrected chi connectivity index (χ2v) is 4.69. The van der Waals surface area contributed by atoms with E-state index in [1.807, 2.05) is 20.8 Å². The molecular formula is C10H15NO2. The minimum absolute atomic E-state index is 0.166. The van der Waals surface area contributed by atoms with Crippen molar-refractivity contribution >= 4 is 5.78 Å². The number of carbonyl (C=O) groups is 1. The third-order valence-corrected chi connectivity index (χ3v) is 2.09. The molecule has 0 radical (unpaired) electrons. The summed E-state index contributed by atoms with van der Waals surface area (Å²) in [5, 5.41) is 8.87. The van der Waals surface area contributed by atoms with Crippen LogP contribution in [0.1, 0.15) is 33.6 Å². The molecule has 0 aromatic carbocycles. The molecule has 0 aliphatic heterocycles. The number of nitrogens with zero attached hydrogens (tertiary/aromatic N) is 1. The minimum Gasteiger partial charge on any atom is -0.374 e. The first kappa shape index (κ1) is 10.2. The van der Waals surface area contributed by atoms with Gasteiger partial charge in [-0.1, -0.05) is 0 Å². The molecule has 0 heterocycles. The Morgan fingerprint density at radius 2 is 2.08 bits per heavy atom. The van der Waals surface area contributed by atoms with Crippen molar-refractivity contribution in [1.82, 2.24) is 0 Å². The first-order chi connectivity index (χ1) is 5.87. The molecule has 0 amide bonds. The lowest BCUT2D eigenvalue weighted by Crippen LogP contribution is -2.42. The van der Waals surface area contributed by atoms with Gasteiger partial charge in [-0.25, -0.2) is 0 Å². The average Bonchev–Trinajstić information content (AvgIpc) is 1.94. The van der Waals surface area contributed by atoms with Crippen LogP contribution >= 0.6 is 0 Å². The van der Waals surface area contributed by atoms with Crippen LogP contribution in [0.25, 0.3) is 0 Å². The molecule has 0 bridgehead atoms. The maximum absolute atomic E-state index is 10.8. The SMILES string of the molecule is CC(C)(C)OCC1(C#N)CC(=O)C1. The van der Waals surface area contributed by atoms with Gasteiger partial charge in [0.25, 0.3) is 0 Å². The normalized spacial score (nSPS) is 20.6. The molecular weight excluding hydrogens is 166 g/mol. The maximum atomic E-state index is 10.8. The van der Waals surface area contributed by atoms with Gasteiger partial charge in [-0.3, -0.25) is 4.79 Å². The number of nitriles is 1. The van der Waals surface area contributed by atoms with Crippen molar-refractivity contribution in [2.45, 2.75) is 39.2 Å². The van der Waals surface area contributed by atoms with Crippen molar-refractivity contribution < 1.29 is 9.53 Å². The molecule has 0 unspecified atom stereocenters. The first-order valence-corrected chi connectivity index (χ1v) is 4.44. The van der Waals surface area contributed by atoms with Gasteiger partial charge in [0.1, 0.15) is 5.78 Å². The van der Waals surface area contributed by atoms with Gasteiger partial charge in [-0.15, -0.1) is 0 Å². The second kappa shape index (κ2) is 3.12. The van der Waals surface area contributed by atoms with E-state index in [0.29, 0.717) is 19.4 Å². The number of hydrogen-bond acceptors (Lipinski definition) is 3. The Kier molecular flexibility index (Phi) is 2.44. The lowest BCUT2D eigenvalue weighted by Gasteiger charge is -2.35. The van der Waals surface area contributed by atoms with Crippen LogP contribution < -0.4 is 0 Å². The highest BCUT2D eigenvalue weighted by molar-refractivity contribution is 5.87. The summed E-state index contributed by atoms with van der Waals surface area (Å²) in [6.45, 7) is 6.20. The average molecular weight is 181 g/mol. The molecule has 0 aromatic heterocycles. The molecule has 0 atom stereocenters. The Balaban J connectivity index is 2.44. The fourth-order valence-corrected chi connectivity index (χ4v) is 1.27. The molecule has 0 aromatic rings. The third-order valence-electron chi connectivity index (χ3n) is 2.09. The fourth-order valence-electron chi connectivity index (χ4n) is 1.27. The molecule has 1 rings (SSSR count). The molecule has 0 N–H and O–H groups in total. The van der Waals surface area contributed by atoms with Gasteiger partial charge in [0.15, 0.2) is 0 Å². The maximum Gasteiger partial charge on any atom is 0.136 e. The molecule has 3 heteroatoms. The van der Waals surface area contributed by atoms with Gasteiger partial charge in [-0.05, 0) is 20.8 Å². The summed E-state index contributed by atoms with van der Waals surface area (Å²) < 4.78 is 5.50. The van der Waals surface area contributed by atoms with Gasteiger partial charge in [0.05, 0.1) is 23.7 Å². The highest BCUT2D eigenvalue weighted by Crippen LogP contribution is 2.38. The van der Waals surface area contributed by atoms with Gasteiger partial charge in [-0.2, -0.15) is 5.26 Å². The number of rotatable bonds is 2. The highest BCUT2D eigenvalue weighted by Gasteiger charge is 2.44. The Morgan fingerprint density at radius 3 is 2.38 bits per heavy atom. The summed E-state index contributed by atoms with van der Waals surface area (Å²) in [7, 11) is 0. The van der Waals surface area contributed by atoms with E-state index < -0.39 is 5.41 Å². The van der Waals surface area contributed by atoms with Crippen molar-refractivity contribution in [3.8, 4) is 6.07 Å². The van der Waals surface area contributed by atoms with E-state index in [1.54, 1.807) is 0 Å². The highest BCUT2D eigenvalue weighted by atomic mass is 16.5. The molecule has 3 nitrogen and oxygen atoms in total. The molecule has 1 fully saturated rings. The monoisotopic (exact) mass is 181 g/mol. The number of Topliss-reactive ketones (excluding diaryl/α,β-unsaturated/α-hetero) is 1. The van der Waals surface area contributed by atoms with Crippen LogP contribution in [0.15, 0.2) is 0 Å². The van der Waals surface area contributed by atoms with E-state index >= 15 is 0 Å². The fraction of sp³-hybridized carbons (Fsp3) is 0.800. The van der Waals surface area contributed by atoms with E-state index in [-0.39, 0.29) is 11.4 Å². The smallest absolute Gasteiger partial charge is 0.136 e. The van der Waals surface area contributed by atoms with E-state index in [1.165, 1.54) is 0 Å². The van der Waals surface area contributed by atoms with Gasteiger partial charge < -0.3 is 4.74 Å². The van der Waals surface area contributed by atoms with E-state index in [9.17, 15) is 4.79 Å². The van der Waals surface area contributed by atoms with Gasteiger partial charge in [0, 0.05) is 12.8 Å². The zero-order valence-electron chi connectivity index (χ0n) is 8.39. The summed E-state index contributed by atoms with van der Waals surface area (Å²) in [6.07, 6.45) is 0.721. The van der Waals surface area contributed by atoms with Crippen LogP contribution in [0.3, 0.4) is 0 Å². The van der Waals surface area contributed by atoms with Gasteiger partial charge in [0.2, 0.25) is 0 Å². The molecule has 72 valence electrons. The zero-order valence-corrected chi connectivity index (χ0v) is 8.39. The molecule has 1 aliphatic rings. The Bertz CT molecular complexity index is 249. The lowest BCUT2D eigenvalue weighted by atomic mass is 9.69. The first-order valence-electron chi connectivity index (χ1n) is 4.44. The van der Waals surface area contributed by atoms with Crippen molar-refractivity contribution in [1.29, 1.82) is 5.26 Å². The Hall–Kier alpha value is -0.880. The van der Waals surface area contributed by atoms with E-state index in [0.717, 1.165) is 0 Å². The molecule has 0 spiro atoms. The topological polar surface area (TPSA) is 50.1 Å². The van der Waals surface area contributed by atoms with E-state index in [2.05, 4.69) is 6.07 Å². The lowest BCUT2D eigenvalue weighted by molar-refractivity contribution is -0.136. The third kappa shape index (κ3) is 2.53. The molecule has 1 aliphatic carbocycles. The van der Waals surface area contributed by atoms with Crippen molar-refractivity contribution in [3.63, 3.8) is 0 Å². The summed E-state index contributed by atoms with van der Waals surface area (Å²) >= 11 is 0. The summed E-state index contributed by atoms with van der Waals surface area (Å²) in [5.41, 5.74) is -0.757. The predicted molar refractivity (Wildman–Crippen MR) is 48.0 cm³/mol. The van der Waals surface area contributed by atoms with Crippen LogP contribution in [0.5, 0.6) is 0 Å². The number of ketones is 1. The Labute approximate surface area is 78.7 Å². The van der Waals surface area contributed by atoms with E-state index in [4.69, 9.17) is 10.00 Å². The van der Waals surface area contributed by atoms with Crippen LogP contribution in [-0.2, 0) is 9.53 Å². The predicted octanol–water partition coefficient (Wildman–Crippen LogP) is 1.67. The molecule has 1 saturated carbocycles. The van der Waals surface area contributed by atoms with Crippen molar-refractivity contribution in [2.24, 2.45) is 5.41 Å². The Morgan fingerprint density at radius 1 is 1.54 bits per heavy atom. The largest absolute Gasteiger partial charge is 0.374 e. The minimum atomic E-state index is -0.523. The van der Waals surface area contributed by atoms with Crippen LogP contribution in [-0.4, -0.2) is 18.0 Å². The molecule has 13 heavy (non-hydrogen) atoms. The van der Waals surface area contributed by atoms with Crippen LogP contribution in [0.4, 0.5) is 0 Å². The standard InChI is InChI=1S/C10H15NO2/c1-9(2,3)13-7-10(6-11)4-8(12)5-10/h4-5,7H2,1-3H3. The summed E-state index contributed by atoms with van der Waals surface area (Å²) in [6, 6.07) is 2.17. The van der Waals surface area contributed by atoms with Gasteiger partial charge >= 0.3 is 0 Å². The summed E-state index contributed by atoms with van der Waals surface area (Å²) in [4.78, 5) is 10.8. The second-order valence-electron chi connectivity index (χ2n) is 4.69. The molecule has 0 saturated heterocycles. The summed E-state index contributed by atoms with van der Waals surface area (Å²) in [5.74, 6) is 0.166.